The lowest BCUT2D eigenvalue weighted by molar-refractivity contribution is 0.0690. The zero-order valence-electron chi connectivity index (χ0n) is 10.9. The standard InChI is InChI=1S/C13H13N3O4/c1-7-3-4-10(20-2)8(5-7)12(17)14-11-6-9(13(18)19)15-16-11/h3-6H,1-2H3,(H,18,19)(H2,14,15,16,17). The van der Waals surface area contributed by atoms with Crippen LogP contribution in [0.2, 0.25) is 0 Å². The van der Waals surface area contributed by atoms with E-state index in [9.17, 15) is 9.59 Å². The molecule has 2 aromatic rings. The first-order valence-corrected chi connectivity index (χ1v) is 5.76. The molecule has 1 heterocycles. The number of methoxy groups -OCH3 is 1. The molecule has 20 heavy (non-hydrogen) atoms. The van der Waals surface area contributed by atoms with E-state index in [0.717, 1.165) is 5.56 Å². The zero-order chi connectivity index (χ0) is 14.7. The number of H-pyrrole nitrogens is 1. The molecule has 7 heteroatoms. The minimum absolute atomic E-state index is 0.100. The molecule has 1 aromatic carbocycles. The van der Waals surface area contributed by atoms with Crippen LogP contribution in [0.3, 0.4) is 0 Å². The Morgan fingerprint density at radius 3 is 2.70 bits per heavy atom. The van der Waals surface area contributed by atoms with Crippen molar-refractivity contribution < 1.29 is 19.4 Å². The first-order chi connectivity index (χ1) is 9.51. The fourth-order valence-corrected chi connectivity index (χ4v) is 1.68. The van der Waals surface area contributed by atoms with Gasteiger partial charge in [0, 0.05) is 6.07 Å². The smallest absolute Gasteiger partial charge is 0.353 e. The van der Waals surface area contributed by atoms with E-state index in [1.165, 1.54) is 13.2 Å². The van der Waals surface area contributed by atoms with Crippen LogP contribution < -0.4 is 10.1 Å². The maximum absolute atomic E-state index is 12.1. The van der Waals surface area contributed by atoms with Crippen LogP contribution in [0.4, 0.5) is 5.82 Å². The minimum Gasteiger partial charge on any atom is -0.496 e. The summed E-state index contributed by atoms with van der Waals surface area (Å²) in [5, 5.41) is 17.3. The quantitative estimate of drug-likeness (QED) is 0.787. The van der Waals surface area contributed by atoms with Gasteiger partial charge in [0.25, 0.3) is 5.91 Å². The number of carboxylic acid groups (broad SMARTS) is 1. The van der Waals surface area contributed by atoms with Crippen LogP contribution in [-0.4, -0.2) is 34.3 Å². The second-order valence-corrected chi connectivity index (χ2v) is 4.13. The van der Waals surface area contributed by atoms with Gasteiger partial charge < -0.3 is 15.2 Å². The summed E-state index contributed by atoms with van der Waals surface area (Å²) in [6, 6.07) is 6.44. The predicted octanol–water partition coefficient (Wildman–Crippen LogP) is 1.68. The summed E-state index contributed by atoms with van der Waals surface area (Å²) in [6.45, 7) is 1.85. The summed E-state index contributed by atoms with van der Waals surface area (Å²) < 4.78 is 5.12. The molecule has 7 nitrogen and oxygen atoms in total. The third-order valence-corrected chi connectivity index (χ3v) is 2.65. The fourth-order valence-electron chi connectivity index (χ4n) is 1.68. The summed E-state index contributed by atoms with van der Waals surface area (Å²) >= 11 is 0. The number of aryl methyl sites for hydroxylation is 1. The van der Waals surface area contributed by atoms with Gasteiger partial charge in [-0.3, -0.25) is 9.89 Å². The number of hydrogen-bond donors (Lipinski definition) is 3. The second kappa shape index (κ2) is 5.43. The van der Waals surface area contributed by atoms with Crippen molar-refractivity contribution in [1.29, 1.82) is 0 Å². The van der Waals surface area contributed by atoms with Gasteiger partial charge >= 0.3 is 5.97 Å². The Bertz CT molecular complexity index is 663. The third-order valence-electron chi connectivity index (χ3n) is 2.65. The number of carbonyl (C=O) groups excluding carboxylic acids is 1. The number of aromatic nitrogens is 2. The SMILES string of the molecule is COc1ccc(C)cc1C(=O)Nc1cc(C(=O)O)[nH]n1. The Morgan fingerprint density at radius 2 is 2.10 bits per heavy atom. The monoisotopic (exact) mass is 275 g/mol. The number of anilines is 1. The lowest BCUT2D eigenvalue weighted by Crippen LogP contribution is -2.13. The van der Waals surface area contributed by atoms with Gasteiger partial charge in [0.05, 0.1) is 12.7 Å². The number of nitrogens with zero attached hydrogens (tertiary/aromatic N) is 1. The van der Waals surface area contributed by atoms with E-state index in [4.69, 9.17) is 9.84 Å². The molecule has 0 radical (unpaired) electrons. The molecule has 0 bridgehead atoms. The van der Waals surface area contributed by atoms with E-state index in [1.807, 2.05) is 13.0 Å². The topological polar surface area (TPSA) is 104 Å². The maximum Gasteiger partial charge on any atom is 0.353 e. The van der Waals surface area contributed by atoms with E-state index >= 15 is 0 Å². The number of amides is 1. The average molecular weight is 275 g/mol. The lowest BCUT2D eigenvalue weighted by atomic mass is 10.1. The Morgan fingerprint density at radius 1 is 1.35 bits per heavy atom. The summed E-state index contributed by atoms with van der Waals surface area (Å²) in [6.07, 6.45) is 0. The highest BCUT2D eigenvalue weighted by molar-refractivity contribution is 6.06. The molecule has 0 aliphatic carbocycles. The molecule has 0 aliphatic rings. The Hall–Kier alpha value is -2.83. The number of carbonyl (C=O) groups is 2. The van der Waals surface area contributed by atoms with E-state index in [-0.39, 0.29) is 11.5 Å². The molecular formula is C13H13N3O4. The molecule has 1 aromatic heterocycles. The van der Waals surface area contributed by atoms with Gasteiger partial charge in [-0.15, -0.1) is 0 Å². The van der Waals surface area contributed by atoms with Gasteiger partial charge in [-0.05, 0) is 19.1 Å². The molecule has 0 atom stereocenters. The molecule has 3 N–H and O–H groups in total. The number of carboxylic acids is 1. The van der Waals surface area contributed by atoms with E-state index in [2.05, 4.69) is 15.5 Å². The predicted molar refractivity (Wildman–Crippen MR) is 71.2 cm³/mol. The molecule has 0 aliphatic heterocycles. The van der Waals surface area contributed by atoms with Gasteiger partial charge in [-0.25, -0.2) is 4.79 Å². The second-order valence-electron chi connectivity index (χ2n) is 4.13. The van der Waals surface area contributed by atoms with Gasteiger partial charge in [-0.1, -0.05) is 11.6 Å². The number of benzene rings is 1. The first-order valence-electron chi connectivity index (χ1n) is 5.76. The third kappa shape index (κ3) is 2.77. The van der Waals surface area contributed by atoms with Crippen LogP contribution >= 0.6 is 0 Å². The average Bonchev–Trinajstić information content (AvgIpc) is 2.87. The van der Waals surface area contributed by atoms with Crippen molar-refractivity contribution in [3.05, 3.63) is 41.1 Å². The van der Waals surface area contributed by atoms with Gasteiger partial charge in [-0.2, -0.15) is 5.10 Å². The Kier molecular flexibility index (Phi) is 3.69. The summed E-state index contributed by atoms with van der Waals surface area (Å²) in [5.74, 6) is -1.00. The van der Waals surface area contributed by atoms with Crippen molar-refractivity contribution in [2.75, 3.05) is 12.4 Å². The Labute approximate surface area is 114 Å². The number of hydrogen-bond acceptors (Lipinski definition) is 4. The molecule has 0 fully saturated rings. The summed E-state index contributed by atoms with van der Waals surface area (Å²) in [4.78, 5) is 22.8. The van der Waals surface area contributed by atoms with Crippen LogP contribution in [0.25, 0.3) is 0 Å². The summed E-state index contributed by atoms with van der Waals surface area (Å²) in [5.41, 5.74) is 1.16. The molecule has 0 unspecified atom stereocenters. The highest BCUT2D eigenvalue weighted by Crippen LogP contribution is 2.20. The van der Waals surface area contributed by atoms with Crippen molar-refractivity contribution >= 4 is 17.7 Å². The van der Waals surface area contributed by atoms with Gasteiger partial charge in [0.15, 0.2) is 5.82 Å². The number of aromatic amines is 1. The summed E-state index contributed by atoms with van der Waals surface area (Å²) in [7, 11) is 1.47. The van der Waals surface area contributed by atoms with Crippen LogP contribution in [0.15, 0.2) is 24.3 Å². The van der Waals surface area contributed by atoms with Crippen molar-refractivity contribution in [2.24, 2.45) is 0 Å². The number of nitrogens with one attached hydrogen (secondary N) is 2. The molecule has 0 saturated carbocycles. The van der Waals surface area contributed by atoms with Crippen molar-refractivity contribution in [2.45, 2.75) is 6.92 Å². The highest BCUT2D eigenvalue weighted by Gasteiger charge is 2.15. The van der Waals surface area contributed by atoms with Gasteiger partial charge in [0.1, 0.15) is 11.4 Å². The van der Waals surface area contributed by atoms with Crippen LogP contribution in [0.5, 0.6) is 5.75 Å². The normalized spacial score (nSPS) is 10.1. The van der Waals surface area contributed by atoms with Gasteiger partial charge in [0.2, 0.25) is 0 Å². The largest absolute Gasteiger partial charge is 0.496 e. The van der Waals surface area contributed by atoms with Crippen LogP contribution in [0, 0.1) is 6.92 Å². The molecule has 2 rings (SSSR count). The van der Waals surface area contributed by atoms with E-state index < -0.39 is 11.9 Å². The van der Waals surface area contributed by atoms with E-state index in [0.29, 0.717) is 11.3 Å². The van der Waals surface area contributed by atoms with Crippen molar-refractivity contribution in [3.8, 4) is 5.75 Å². The van der Waals surface area contributed by atoms with Crippen LogP contribution in [-0.2, 0) is 0 Å². The minimum atomic E-state index is -1.15. The molecule has 0 spiro atoms. The molecule has 104 valence electrons. The number of rotatable bonds is 4. The molecule has 1 amide bonds. The first kappa shape index (κ1) is 13.6. The zero-order valence-corrected chi connectivity index (χ0v) is 10.9. The highest BCUT2D eigenvalue weighted by atomic mass is 16.5. The Balaban J connectivity index is 2.23. The number of aromatic carboxylic acids is 1. The molecular weight excluding hydrogens is 262 g/mol. The maximum atomic E-state index is 12.1. The molecule has 0 saturated heterocycles. The fraction of sp³-hybridized carbons (Fsp3) is 0.154. The lowest BCUT2D eigenvalue weighted by Gasteiger charge is -2.08. The number of ether oxygens (including phenoxy) is 1. The van der Waals surface area contributed by atoms with Crippen LogP contribution in [0.1, 0.15) is 26.4 Å². The van der Waals surface area contributed by atoms with E-state index in [1.54, 1.807) is 12.1 Å². The van der Waals surface area contributed by atoms with Crippen molar-refractivity contribution in [1.82, 2.24) is 10.2 Å². The van der Waals surface area contributed by atoms with Crippen molar-refractivity contribution in [3.63, 3.8) is 0 Å².